The fraction of sp³-hybridized carbons (Fsp3) is 0.533. The van der Waals surface area contributed by atoms with Gasteiger partial charge in [-0.05, 0) is 30.9 Å². The van der Waals surface area contributed by atoms with Gasteiger partial charge < -0.3 is 14.4 Å². The van der Waals surface area contributed by atoms with Crippen molar-refractivity contribution in [3.63, 3.8) is 0 Å². The van der Waals surface area contributed by atoms with E-state index in [0.29, 0.717) is 23.3 Å². The predicted octanol–water partition coefficient (Wildman–Crippen LogP) is 2.30. The Hall–Kier alpha value is -1.42. The minimum Gasteiger partial charge on any atom is -0.485 e. The number of carbonyl (C=O) groups excluding carboxylic acids is 1. The number of rotatable bonds is 3. The molecule has 0 aliphatic carbocycles. The van der Waals surface area contributed by atoms with Crippen LogP contribution in [0.4, 0.5) is 0 Å². The lowest BCUT2D eigenvalue weighted by atomic mass is 10.1. The van der Waals surface area contributed by atoms with E-state index in [2.05, 4.69) is 0 Å². The lowest BCUT2D eigenvalue weighted by Gasteiger charge is -2.28. The molecule has 2 atom stereocenters. The molecule has 20 heavy (non-hydrogen) atoms. The van der Waals surface area contributed by atoms with Crippen LogP contribution in [-0.4, -0.2) is 42.5 Å². The first-order valence-corrected chi connectivity index (χ1v) is 7.54. The van der Waals surface area contributed by atoms with Crippen molar-refractivity contribution in [1.82, 2.24) is 4.90 Å². The maximum absolute atomic E-state index is 12.4. The minimum absolute atomic E-state index is 0.0246. The summed E-state index contributed by atoms with van der Waals surface area (Å²) in [5.74, 6) is 2.56. The van der Waals surface area contributed by atoms with Crippen LogP contribution in [-0.2, 0) is 4.79 Å². The molecule has 0 spiro atoms. The molecule has 1 fully saturated rings. The summed E-state index contributed by atoms with van der Waals surface area (Å²) in [7, 11) is 0. The van der Waals surface area contributed by atoms with Gasteiger partial charge in [0.15, 0.2) is 11.5 Å². The Kier molecular flexibility index (Phi) is 4.01. The Morgan fingerprint density at radius 1 is 1.35 bits per heavy atom. The summed E-state index contributed by atoms with van der Waals surface area (Å²) in [6.45, 7) is 1.86. The van der Waals surface area contributed by atoms with Crippen molar-refractivity contribution >= 4 is 17.5 Å². The summed E-state index contributed by atoms with van der Waals surface area (Å²) < 4.78 is 11.4. The quantitative estimate of drug-likeness (QED) is 0.803. The number of carbonyl (C=O) groups is 1. The molecule has 4 nitrogen and oxygen atoms in total. The van der Waals surface area contributed by atoms with E-state index in [1.807, 2.05) is 29.2 Å². The molecule has 2 heterocycles. The van der Waals surface area contributed by atoms with E-state index in [9.17, 15) is 4.79 Å². The van der Waals surface area contributed by atoms with Crippen LogP contribution >= 0.6 is 11.6 Å². The van der Waals surface area contributed by atoms with Gasteiger partial charge in [0.05, 0.1) is 0 Å². The lowest BCUT2D eigenvalue weighted by Crippen LogP contribution is -2.45. The van der Waals surface area contributed by atoms with Gasteiger partial charge in [0.1, 0.15) is 6.61 Å². The number of fused-ring (bicyclic) bond motifs is 1. The topological polar surface area (TPSA) is 38.8 Å². The molecule has 0 aromatic heterocycles. The molecule has 1 saturated heterocycles. The Morgan fingerprint density at radius 2 is 2.15 bits per heavy atom. The molecule has 0 radical (unpaired) electrons. The fourth-order valence-corrected chi connectivity index (χ4v) is 3.08. The maximum atomic E-state index is 12.4. The van der Waals surface area contributed by atoms with Crippen molar-refractivity contribution in [3.8, 4) is 11.5 Å². The Labute approximate surface area is 123 Å². The third-order valence-corrected chi connectivity index (χ3v) is 4.12. The highest BCUT2D eigenvalue weighted by molar-refractivity contribution is 6.17. The molecule has 0 N–H and O–H groups in total. The first kappa shape index (κ1) is 13.6. The van der Waals surface area contributed by atoms with Gasteiger partial charge in [-0.15, -0.1) is 11.6 Å². The lowest BCUT2D eigenvalue weighted by molar-refractivity contribution is -0.140. The summed E-state index contributed by atoms with van der Waals surface area (Å²) in [4.78, 5) is 14.3. The number of hydrogen-bond acceptors (Lipinski definition) is 3. The third kappa shape index (κ3) is 2.70. The fourth-order valence-electron chi connectivity index (χ4n) is 2.77. The zero-order chi connectivity index (χ0) is 13.9. The van der Waals surface area contributed by atoms with E-state index in [1.165, 1.54) is 0 Å². The first-order chi connectivity index (χ1) is 9.78. The summed E-state index contributed by atoms with van der Waals surface area (Å²) >= 11 is 5.77. The number of ether oxygens (including phenoxy) is 2. The van der Waals surface area contributed by atoms with Gasteiger partial charge in [-0.1, -0.05) is 12.1 Å². The van der Waals surface area contributed by atoms with Crippen molar-refractivity contribution in [2.24, 2.45) is 5.92 Å². The molecule has 2 unspecified atom stereocenters. The zero-order valence-corrected chi connectivity index (χ0v) is 12.0. The summed E-state index contributed by atoms with van der Waals surface area (Å²) in [6, 6.07) is 7.44. The number of amides is 1. The maximum Gasteiger partial charge on any atom is 0.267 e. The Morgan fingerprint density at radius 3 is 2.95 bits per heavy atom. The van der Waals surface area contributed by atoms with Crippen LogP contribution in [0.3, 0.4) is 0 Å². The van der Waals surface area contributed by atoms with Crippen LogP contribution in [0.25, 0.3) is 0 Å². The molecule has 108 valence electrons. The van der Waals surface area contributed by atoms with Gasteiger partial charge >= 0.3 is 0 Å². The van der Waals surface area contributed by atoms with Gasteiger partial charge in [-0.25, -0.2) is 0 Å². The monoisotopic (exact) mass is 295 g/mol. The number of hydrogen-bond donors (Lipinski definition) is 0. The second-order valence-electron chi connectivity index (χ2n) is 5.28. The zero-order valence-electron chi connectivity index (χ0n) is 11.3. The molecule has 0 saturated carbocycles. The van der Waals surface area contributed by atoms with Gasteiger partial charge in [-0.3, -0.25) is 4.79 Å². The number of alkyl halides is 1. The third-order valence-electron chi connectivity index (χ3n) is 3.90. The average Bonchev–Trinajstić information content (AvgIpc) is 2.95. The normalized spacial score (nSPS) is 24.8. The second kappa shape index (κ2) is 5.92. The number of benzene rings is 1. The van der Waals surface area contributed by atoms with E-state index >= 15 is 0 Å². The van der Waals surface area contributed by atoms with E-state index < -0.39 is 6.10 Å². The highest BCUT2D eigenvalue weighted by Crippen LogP contribution is 2.32. The van der Waals surface area contributed by atoms with Gasteiger partial charge in [0.25, 0.3) is 5.91 Å². The molecule has 2 aliphatic rings. The molecule has 1 aromatic rings. The molecule has 5 heteroatoms. The standard InChI is InChI=1S/C15H18ClNO3/c16-7-5-11-6-8-17(9-11)15(18)14-10-19-12-3-1-2-4-13(12)20-14/h1-4,11,14H,5-10H2. The van der Waals surface area contributed by atoms with Crippen LogP contribution < -0.4 is 9.47 Å². The van der Waals surface area contributed by atoms with Gasteiger partial charge in [-0.2, -0.15) is 0 Å². The predicted molar refractivity (Wildman–Crippen MR) is 76.4 cm³/mol. The Bertz CT molecular complexity index is 494. The van der Waals surface area contributed by atoms with Crippen molar-refractivity contribution < 1.29 is 14.3 Å². The number of nitrogens with zero attached hydrogens (tertiary/aromatic N) is 1. The highest BCUT2D eigenvalue weighted by Gasteiger charge is 2.34. The van der Waals surface area contributed by atoms with Crippen LogP contribution in [0.1, 0.15) is 12.8 Å². The molecule has 2 aliphatic heterocycles. The Balaban J connectivity index is 1.62. The van der Waals surface area contributed by atoms with E-state index in [1.54, 1.807) is 0 Å². The van der Waals surface area contributed by atoms with Crippen molar-refractivity contribution in [2.45, 2.75) is 18.9 Å². The van der Waals surface area contributed by atoms with Crippen molar-refractivity contribution in [2.75, 3.05) is 25.6 Å². The molecular weight excluding hydrogens is 278 g/mol. The first-order valence-electron chi connectivity index (χ1n) is 7.01. The van der Waals surface area contributed by atoms with Crippen LogP contribution in [0.15, 0.2) is 24.3 Å². The van der Waals surface area contributed by atoms with Crippen LogP contribution in [0, 0.1) is 5.92 Å². The molecule has 3 rings (SSSR count). The summed E-state index contributed by atoms with van der Waals surface area (Å²) in [6.07, 6.45) is 1.47. The van der Waals surface area contributed by atoms with E-state index in [4.69, 9.17) is 21.1 Å². The molecule has 1 aromatic carbocycles. The molecular formula is C15H18ClNO3. The van der Waals surface area contributed by atoms with Crippen molar-refractivity contribution in [1.29, 1.82) is 0 Å². The molecule has 1 amide bonds. The molecule has 0 bridgehead atoms. The smallest absolute Gasteiger partial charge is 0.267 e. The van der Waals surface area contributed by atoms with Crippen LogP contribution in [0.5, 0.6) is 11.5 Å². The second-order valence-corrected chi connectivity index (χ2v) is 5.66. The van der Waals surface area contributed by atoms with Gasteiger partial charge in [0, 0.05) is 19.0 Å². The van der Waals surface area contributed by atoms with Crippen molar-refractivity contribution in [3.05, 3.63) is 24.3 Å². The van der Waals surface area contributed by atoms with Crippen LogP contribution in [0.2, 0.25) is 0 Å². The minimum atomic E-state index is -0.528. The number of halogens is 1. The SMILES string of the molecule is O=C(C1COc2ccccc2O1)N1CCC(CCCl)C1. The summed E-state index contributed by atoms with van der Waals surface area (Å²) in [5.41, 5.74) is 0. The van der Waals surface area contributed by atoms with E-state index in [0.717, 1.165) is 25.9 Å². The number of likely N-dealkylation sites (tertiary alicyclic amines) is 1. The average molecular weight is 296 g/mol. The van der Waals surface area contributed by atoms with Gasteiger partial charge in [0.2, 0.25) is 6.10 Å². The highest BCUT2D eigenvalue weighted by atomic mass is 35.5. The largest absolute Gasteiger partial charge is 0.485 e. The number of para-hydroxylation sites is 2. The summed E-state index contributed by atoms with van der Waals surface area (Å²) in [5, 5.41) is 0. The van der Waals surface area contributed by atoms with E-state index in [-0.39, 0.29) is 12.5 Å².